The molecule has 6 nitrogen and oxygen atoms in total. The monoisotopic (exact) mass is 383 g/mol. The van der Waals surface area contributed by atoms with Crippen molar-refractivity contribution in [2.75, 3.05) is 12.3 Å². The van der Waals surface area contributed by atoms with E-state index < -0.39 is 0 Å². The number of hydrogen-bond donors (Lipinski definition) is 1. The van der Waals surface area contributed by atoms with Gasteiger partial charge < -0.3 is 10.1 Å². The van der Waals surface area contributed by atoms with E-state index in [0.717, 1.165) is 36.2 Å². The van der Waals surface area contributed by atoms with Crippen molar-refractivity contribution in [1.29, 1.82) is 0 Å². The van der Waals surface area contributed by atoms with Crippen molar-refractivity contribution in [3.63, 3.8) is 0 Å². The summed E-state index contributed by atoms with van der Waals surface area (Å²) in [6, 6.07) is 16.7. The van der Waals surface area contributed by atoms with Crippen LogP contribution in [0, 0.1) is 6.92 Å². The van der Waals surface area contributed by atoms with Crippen LogP contribution in [-0.4, -0.2) is 32.5 Å². The van der Waals surface area contributed by atoms with E-state index in [1.807, 2.05) is 19.2 Å². The zero-order chi connectivity index (χ0) is 18.9. The van der Waals surface area contributed by atoms with Crippen LogP contribution in [0.15, 0.2) is 53.7 Å². The van der Waals surface area contributed by atoms with E-state index in [1.165, 1.54) is 16.7 Å². The zero-order valence-electron chi connectivity index (χ0n) is 15.8. The first-order chi connectivity index (χ1) is 13.2. The number of rotatable bonds is 10. The number of hydrogen-bond acceptors (Lipinski definition) is 6. The summed E-state index contributed by atoms with van der Waals surface area (Å²) in [4.78, 5) is 0. The van der Waals surface area contributed by atoms with Gasteiger partial charge in [0.2, 0.25) is 5.16 Å². The molecule has 2 aromatic carbocycles. The summed E-state index contributed by atoms with van der Waals surface area (Å²) in [5.74, 6) is 1.89. The lowest BCUT2D eigenvalue weighted by Gasteiger charge is -2.09. The molecule has 142 valence electrons. The van der Waals surface area contributed by atoms with E-state index in [4.69, 9.17) is 4.74 Å². The van der Waals surface area contributed by atoms with Crippen LogP contribution in [-0.2, 0) is 20.2 Å². The van der Waals surface area contributed by atoms with Crippen LogP contribution in [0.3, 0.4) is 0 Å². The molecule has 0 aliphatic carbocycles. The van der Waals surface area contributed by atoms with Gasteiger partial charge in [-0.25, -0.2) is 4.68 Å². The van der Waals surface area contributed by atoms with E-state index in [9.17, 15) is 0 Å². The third-order valence-electron chi connectivity index (χ3n) is 4.05. The predicted octanol–water partition coefficient (Wildman–Crippen LogP) is 3.37. The second-order valence-electron chi connectivity index (χ2n) is 6.39. The number of nitrogens with one attached hydrogen (secondary N) is 1. The van der Waals surface area contributed by atoms with Gasteiger partial charge in [-0.1, -0.05) is 53.7 Å². The summed E-state index contributed by atoms with van der Waals surface area (Å²) < 4.78 is 7.56. The SMILES string of the molecule is Cc1cccc(COc2ccc(CNCCCSc3nnnn3C)cc2)c1. The van der Waals surface area contributed by atoms with Crippen LogP contribution >= 0.6 is 11.8 Å². The third kappa shape index (κ3) is 6.37. The topological polar surface area (TPSA) is 64.9 Å². The predicted molar refractivity (Wildman–Crippen MR) is 108 cm³/mol. The molecule has 1 N–H and O–H groups in total. The molecule has 0 fully saturated rings. The number of thioether (sulfide) groups is 1. The number of nitrogens with zero attached hydrogens (tertiary/aromatic N) is 4. The minimum atomic E-state index is 0.595. The van der Waals surface area contributed by atoms with E-state index >= 15 is 0 Å². The largest absolute Gasteiger partial charge is 0.489 e. The quantitative estimate of drug-likeness (QED) is 0.428. The standard InChI is InChI=1S/C20H25N5OS/c1-16-5-3-6-18(13-16)15-26-19-9-7-17(8-10-19)14-21-11-4-12-27-20-22-23-24-25(20)2/h3,5-10,13,21H,4,11-12,14-15H2,1-2H3. The van der Waals surface area contributed by atoms with Gasteiger partial charge in [-0.15, -0.1) is 5.10 Å². The first-order valence-corrected chi connectivity index (χ1v) is 10.0. The Bertz CT molecular complexity index is 834. The molecule has 0 saturated carbocycles. The molecule has 0 atom stereocenters. The van der Waals surface area contributed by atoms with Crippen molar-refractivity contribution in [2.24, 2.45) is 7.05 Å². The molecule has 27 heavy (non-hydrogen) atoms. The van der Waals surface area contributed by atoms with E-state index in [2.05, 4.69) is 64.2 Å². The molecule has 3 rings (SSSR count). The summed E-state index contributed by atoms with van der Waals surface area (Å²) in [6.45, 7) is 4.51. The van der Waals surface area contributed by atoms with E-state index in [-0.39, 0.29) is 0 Å². The molecule has 1 heterocycles. The summed E-state index contributed by atoms with van der Waals surface area (Å²) >= 11 is 1.68. The number of aryl methyl sites for hydroxylation is 2. The second-order valence-corrected chi connectivity index (χ2v) is 7.45. The van der Waals surface area contributed by atoms with Gasteiger partial charge in [-0.05, 0) is 53.6 Å². The molecule has 7 heteroatoms. The zero-order valence-corrected chi connectivity index (χ0v) is 16.6. The average molecular weight is 384 g/mol. The van der Waals surface area contributed by atoms with Crippen LogP contribution in [0.5, 0.6) is 5.75 Å². The summed E-state index contributed by atoms with van der Waals surface area (Å²) in [5.41, 5.74) is 3.70. The lowest BCUT2D eigenvalue weighted by molar-refractivity contribution is 0.306. The Hall–Kier alpha value is -2.38. The van der Waals surface area contributed by atoms with Crippen molar-refractivity contribution in [3.05, 3.63) is 65.2 Å². The molecule has 0 spiro atoms. The Morgan fingerprint density at radius 3 is 2.70 bits per heavy atom. The first kappa shape index (κ1) is 19.4. The smallest absolute Gasteiger partial charge is 0.209 e. The summed E-state index contributed by atoms with van der Waals surface area (Å²) in [7, 11) is 1.86. The minimum Gasteiger partial charge on any atom is -0.489 e. The van der Waals surface area contributed by atoms with Crippen LogP contribution < -0.4 is 10.1 Å². The third-order valence-corrected chi connectivity index (χ3v) is 5.15. The van der Waals surface area contributed by atoms with E-state index in [0.29, 0.717) is 6.61 Å². The van der Waals surface area contributed by atoms with Crippen molar-refractivity contribution in [2.45, 2.75) is 31.7 Å². The van der Waals surface area contributed by atoms with Crippen LogP contribution in [0.1, 0.15) is 23.1 Å². The highest BCUT2D eigenvalue weighted by Crippen LogP contribution is 2.15. The Balaban J connectivity index is 1.32. The van der Waals surface area contributed by atoms with Crippen LogP contribution in [0.2, 0.25) is 0 Å². The van der Waals surface area contributed by atoms with Gasteiger partial charge in [0.15, 0.2) is 0 Å². The Labute approximate surface area is 164 Å². The minimum absolute atomic E-state index is 0.595. The summed E-state index contributed by atoms with van der Waals surface area (Å²) in [6.07, 6.45) is 1.06. The number of tetrazole rings is 1. The van der Waals surface area contributed by atoms with Crippen molar-refractivity contribution >= 4 is 11.8 Å². The lowest BCUT2D eigenvalue weighted by Crippen LogP contribution is -2.15. The van der Waals surface area contributed by atoms with Gasteiger partial charge in [0.05, 0.1) is 0 Å². The molecular formula is C20H25N5OS. The van der Waals surface area contributed by atoms with Gasteiger partial charge in [0.25, 0.3) is 0 Å². The van der Waals surface area contributed by atoms with Gasteiger partial charge in [-0.2, -0.15) is 0 Å². The van der Waals surface area contributed by atoms with Gasteiger partial charge >= 0.3 is 0 Å². The lowest BCUT2D eigenvalue weighted by atomic mass is 10.1. The number of benzene rings is 2. The average Bonchev–Trinajstić information content (AvgIpc) is 3.09. The Morgan fingerprint density at radius 2 is 1.96 bits per heavy atom. The number of aromatic nitrogens is 4. The maximum absolute atomic E-state index is 5.86. The molecule has 3 aromatic rings. The molecule has 0 radical (unpaired) electrons. The van der Waals surface area contributed by atoms with Crippen LogP contribution in [0.25, 0.3) is 0 Å². The summed E-state index contributed by atoms with van der Waals surface area (Å²) in [5, 5.41) is 15.7. The normalized spacial score (nSPS) is 10.9. The van der Waals surface area contributed by atoms with Crippen molar-refractivity contribution < 1.29 is 4.74 Å². The molecule has 0 amide bonds. The molecule has 0 aliphatic rings. The van der Waals surface area contributed by atoms with E-state index in [1.54, 1.807) is 16.4 Å². The van der Waals surface area contributed by atoms with Crippen molar-refractivity contribution in [1.82, 2.24) is 25.5 Å². The van der Waals surface area contributed by atoms with Crippen molar-refractivity contribution in [3.8, 4) is 5.75 Å². The Kier molecular flexibility index (Phi) is 7.24. The van der Waals surface area contributed by atoms with Crippen LogP contribution in [0.4, 0.5) is 0 Å². The fourth-order valence-electron chi connectivity index (χ4n) is 2.61. The fourth-order valence-corrected chi connectivity index (χ4v) is 3.40. The Morgan fingerprint density at radius 1 is 1.11 bits per heavy atom. The highest BCUT2D eigenvalue weighted by atomic mass is 32.2. The molecule has 0 unspecified atom stereocenters. The highest BCUT2D eigenvalue weighted by Gasteiger charge is 2.02. The molecule has 1 aromatic heterocycles. The maximum atomic E-state index is 5.86. The highest BCUT2D eigenvalue weighted by molar-refractivity contribution is 7.99. The number of ether oxygens (including phenoxy) is 1. The first-order valence-electron chi connectivity index (χ1n) is 9.04. The second kappa shape index (κ2) is 10.1. The van der Waals surface area contributed by atoms with Gasteiger partial charge in [0, 0.05) is 19.3 Å². The molecule has 0 bridgehead atoms. The maximum Gasteiger partial charge on any atom is 0.209 e. The van der Waals surface area contributed by atoms with Gasteiger partial charge in [-0.3, -0.25) is 0 Å². The molecule has 0 aliphatic heterocycles. The molecule has 0 saturated heterocycles. The molecular weight excluding hydrogens is 358 g/mol. The van der Waals surface area contributed by atoms with Gasteiger partial charge in [0.1, 0.15) is 12.4 Å². The fraction of sp³-hybridized carbons (Fsp3) is 0.350.